The summed E-state index contributed by atoms with van der Waals surface area (Å²) in [7, 11) is 0. The van der Waals surface area contributed by atoms with Gasteiger partial charge in [0.1, 0.15) is 18.0 Å². The van der Waals surface area contributed by atoms with Crippen molar-refractivity contribution in [3.8, 4) is 28.8 Å². The number of aliphatic hydroxyl groups is 1. The molecule has 0 spiro atoms. The lowest BCUT2D eigenvalue weighted by atomic mass is 9.97. The Kier molecular flexibility index (Phi) is 6.91. The van der Waals surface area contributed by atoms with Crippen molar-refractivity contribution in [3.63, 3.8) is 0 Å². The molecular weight excluding hydrogens is 484 g/mol. The summed E-state index contributed by atoms with van der Waals surface area (Å²) in [5.74, 6) is 0.983. The van der Waals surface area contributed by atoms with Crippen LogP contribution in [0.15, 0.2) is 48.8 Å². The number of fused-ring (bicyclic) bond motifs is 1. The second kappa shape index (κ2) is 9.94. The van der Waals surface area contributed by atoms with Crippen LogP contribution in [0.1, 0.15) is 33.4 Å². The van der Waals surface area contributed by atoms with Crippen molar-refractivity contribution in [3.05, 3.63) is 54.5 Å². The predicted molar refractivity (Wildman–Crippen MR) is 131 cm³/mol. The van der Waals surface area contributed by atoms with Gasteiger partial charge in [-0.1, -0.05) is 0 Å². The molecule has 37 heavy (non-hydrogen) atoms. The largest absolute Gasteiger partial charge is 0.490 e. The molecule has 0 saturated heterocycles. The molecule has 12 heteroatoms. The van der Waals surface area contributed by atoms with E-state index in [1.807, 2.05) is 0 Å². The molecule has 10 nitrogen and oxygen atoms in total. The van der Waals surface area contributed by atoms with E-state index in [1.165, 1.54) is 12.3 Å². The summed E-state index contributed by atoms with van der Waals surface area (Å²) in [6.07, 6.45) is 3.00. The van der Waals surface area contributed by atoms with Crippen molar-refractivity contribution in [2.75, 3.05) is 11.9 Å². The van der Waals surface area contributed by atoms with Gasteiger partial charge in [0.25, 0.3) is 0 Å². The second-order valence-corrected chi connectivity index (χ2v) is 9.48. The van der Waals surface area contributed by atoms with Crippen molar-refractivity contribution < 1.29 is 23.4 Å². The maximum atomic E-state index is 12.8. The van der Waals surface area contributed by atoms with Crippen LogP contribution in [-0.2, 0) is 5.60 Å². The number of ether oxygens (including phenoxy) is 2. The number of hydrogen-bond donors (Lipinski definition) is 2. The van der Waals surface area contributed by atoms with E-state index in [1.54, 1.807) is 68.7 Å². The molecule has 0 bridgehead atoms. The standard InChI is InChI=1S/C25H25F2N7O3/c1-24(2,13-28)14-36-18-12-29-22(37-23(26)27)11-17(18)15-7-8-34-16(9-15)10-21(33-34)30-20-6-5-19(31-32-20)25(3,4)35/h5-12,23,35H,14H2,1-4H3,(H,30,32,33). The van der Waals surface area contributed by atoms with Gasteiger partial charge in [0.05, 0.1) is 28.9 Å². The van der Waals surface area contributed by atoms with Crippen LogP contribution in [0.2, 0.25) is 0 Å². The quantitative estimate of drug-likeness (QED) is 0.330. The summed E-state index contributed by atoms with van der Waals surface area (Å²) >= 11 is 0. The van der Waals surface area contributed by atoms with Crippen LogP contribution in [0, 0.1) is 16.7 Å². The molecule has 0 aliphatic carbocycles. The number of halogens is 2. The summed E-state index contributed by atoms with van der Waals surface area (Å²) < 4.78 is 37.6. The minimum Gasteiger partial charge on any atom is -0.490 e. The first-order valence-electron chi connectivity index (χ1n) is 11.3. The fraction of sp³-hybridized carbons (Fsp3) is 0.320. The average molecular weight is 510 g/mol. The number of aromatic nitrogens is 5. The van der Waals surface area contributed by atoms with E-state index in [2.05, 4.69) is 36.4 Å². The highest BCUT2D eigenvalue weighted by Crippen LogP contribution is 2.34. The van der Waals surface area contributed by atoms with Crippen LogP contribution in [0.25, 0.3) is 16.6 Å². The van der Waals surface area contributed by atoms with Gasteiger partial charge in [-0.25, -0.2) is 9.50 Å². The highest BCUT2D eigenvalue weighted by Gasteiger charge is 2.21. The number of anilines is 2. The van der Waals surface area contributed by atoms with Gasteiger partial charge in [-0.15, -0.1) is 5.10 Å². The van der Waals surface area contributed by atoms with Gasteiger partial charge in [-0.2, -0.15) is 24.2 Å². The normalized spacial score (nSPS) is 12.0. The van der Waals surface area contributed by atoms with E-state index in [0.29, 0.717) is 39.7 Å². The zero-order valence-corrected chi connectivity index (χ0v) is 20.6. The second-order valence-electron chi connectivity index (χ2n) is 9.48. The summed E-state index contributed by atoms with van der Waals surface area (Å²) in [6.45, 7) is 3.74. The van der Waals surface area contributed by atoms with E-state index in [-0.39, 0.29) is 12.5 Å². The fourth-order valence-corrected chi connectivity index (χ4v) is 3.29. The zero-order valence-electron chi connectivity index (χ0n) is 20.6. The van der Waals surface area contributed by atoms with Crippen molar-refractivity contribution in [2.45, 2.75) is 39.9 Å². The first-order valence-corrected chi connectivity index (χ1v) is 11.3. The molecule has 0 aliphatic rings. The zero-order chi connectivity index (χ0) is 26.8. The molecule has 0 amide bonds. The first-order chi connectivity index (χ1) is 17.4. The summed E-state index contributed by atoms with van der Waals surface area (Å²) in [5.41, 5.74) is 0.356. The molecule has 192 valence electrons. The molecule has 0 saturated carbocycles. The van der Waals surface area contributed by atoms with Gasteiger partial charge < -0.3 is 19.9 Å². The molecule has 0 radical (unpaired) electrons. The topological polar surface area (TPSA) is 130 Å². The Morgan fingerprint density at radius 1 is 1.11 bits per heavy atom. The van der Waals surface area contributed by atoms with Crippen molar-refractivity contribution in [1.82, 2.24) is 24.8 Å². The van der Waals surface area contributed by atoms with Crippen LogP contribution in [0.4, 0.5) is 20.4 Å². The third-order valence-corrected chi connectivity index (χ3v) is 5.27. The molecule has 4 rings (SSSR count). The summed E-state index contributed by atoms with van der Waals surface area (Å²) in [5, 5.41) is 35.0. The Morgan fingerprint density at radius 3 is 2.54 bits per heavy atom. The lowest BCUT2D eigenvalue weighted by molar-refractivity contribution is -0.0528. The van der Waals surface area contributed by atoms with E-state index in [4.69, 9.17) is 4.74 Å². The van der Waals surface area contributed by atoms with Gasteiger partial charge in [-0.3, -0.25) is 0 Å². The smallest absolute Gasteiger partial charge is 0.388 e. The van der Waals surface area contributed by atoms with Crippen molar-refractivity contribution >= 4 is 17.2 Å². The third kappa shape index (κ3) is 6.25. The summed E-state index contributed by atoms with van der Waals surface area (Å²) in [6, 6.07) is 12.2. The van der Waals surface area contributed by atoms with Crippen LogP contribution in [0.3, 0.4) is 0 Å². The SMILES string of the molecule is CC(C)(C#N)COc1cnc(OC(F)F)cc1-c1ccn2nc(Nc3ccc(C(C)(C)O)nn3)cc2c1. The Morgan fingerprint density at radius 2 is 1.89 bits per heavy atom. The maximum absolute atomic E-state index is 12.8. The van der Waals surface area contributed by atoms with Gasteiger partial charge >= 0.3 is 6.61 Å². The monoisotopic (exact) mass is 509 g/mol. The van der Waals surface area contributed by atoms with Crippen LogP contribution >= 0.6 is 0 Å². The number of nitriles is 1. The Bertz CT molecular complexity index is 1440. The number of nitrogens with one attached hydrogen (secondary N) is 1. The van der Waals surface area contributed by atoms with E-state index >= 15 is 0 Å². The summed E-state index contributed by atoms with van der Waals surface area (Å²) in [4.78, 5) is 3.90. The van der Waals surface area contributed by atoms with E-state index < -0.39 is 17.6 Å². The molecule has 0 fully saturated rings. The van der Waals surface area contributed by atoms with Crippen molar-refractivity contribution in [1.29, 1.82) is 5.26 Å². The molecule has 4 aromatic heterocycles. The highest BCUT2D eigenvalue weighted by molar-refractivity contribution is 5.75. The molecule has 2 N–H and O–H groups in total. The molecule has 0 aromatic carbocycles. The maximum Gasteiger partial charge on any atom is 0.388 e. The van der Waals surface area contributed by atoms with Gasteiger partial charge in [0.2, 0.25) is 5.88 Å². The highest BCUT2D eigenvalue weighted by atomic mass is 19.3. The van der Waals surface area contributed by atoms with E-state index in [9.17, 15) is 19.1 Å². The minimum absolute atomic E-state index is 0.0729. The number of hydrogen-bond acceptors (Lipinski definition) is 9. The predicted octanol–water partition coefficient (Wildman–Crippen LogP) is 4.69. The molecule has 4 heterocycles. The lowest BCUT2D eigenvalue weighted by Gasteiger charge is -2.18. The molecule has 0 aliphatic heterocycles. The molecular formula is C25H25F2N7O3. The average Bonchev–Trinajstić information content (AvgIpc) is 3.24. The Labute approximate surface area is 211 Å². The number of alkyl halides is 2. The van der Waals surface area contributed by atoms with Crippen LogP contribution in [-0.4, -0.2) is 43.1 Å². The molecule has 4 aromatic rings. The van der Waals surface area contributed by atoms with Gasteiger partial charge in [-0.05, 0) is 57.5 Å². The lowest BCUT2D eigenvalue weighted by Crippen LogP contribution is -2.19. The van der Waals surface area contributed by atoms with Crippen LogP contribution < -0.4 is 14.8 Å². The van der Waals surface area contributed by atoms with Crippen molar-refractivity contribution in [2.24, 2.45) is 5.41 Å². The van der Waals surface area contributed by atoms with Crippen LogP contribution in [0.5, 0.6) is 11.6 Å². The third-order valence-electron chi connectivity index (χ3n) is 5.27. The molecule has 0 unspecified atom stereocenters. The van der Waals surface area contributed by atoms with Gasteiger partial charge in [0, 0.05) is 23.9 Å². The minimum atomic E-state index is -3.03. The van der Waals surface area contributed by atoms with E-state index in [0.717, 1.165) is 0 Å². The number of pyridine rings is 2. The molecule has 0 atom stereocenters. The fourth-order valence-electron chi connectivity index (χ4n) is 3.29. The first kappa shape index (κ1) is 25.7. The Hall–Kier alpha value is -4.37. The Balaban J connectivity index is 1.64. The number of rotatable bonds is 9. The van der Waals surface area contributed by atoms with Gasteiger partial charge in [0.15, 0.2) is 11.6 Å². The number of nitrogens with zero attached hydrogens (tertiary/aromatic N) is 6.